The average molecular weight is 406 g/mol. The van der Waals surface area contributed by atoms with Crippen LogP contribution in [-0.4, -0.2) is 40.1 Å². The largest absolute Gasteiger partial charge is 0.496 e. The molecule has 28 heavy (non-hydrogen) atoms. The van der Waals surface area contributed by atoms with Crippen LogP contribution >= 0.6 is 0 Å². The topological polar surface area (TPSA) is 61.8 Å². The molecule has 5 nitrogen and oxygen atoms in total. The Balaban J connectivity index is 2.06. The van der Waals surface area contributed by atoms with Crippen molar-refractivity contribution in [3.8, 4) is 16.9 Å². The molecule has 0 saturated carbocycles. The summed E-state index contributed by atoms with van der Waals surface area (Å²) in [7, 11) is -2.62. The highest BCUT2D eigenvalue weighted by Crippen LogP contribution is 2.38. The summed E-state index contributed by atoms with van der Waals surface area (Å²) in [5.41, 5.74) is 0.376. The zero-order valence-corrected chi connectivity index (χ0v) is 17.7. The second-order valence-electron chi connectivity index (χ2n) is 7.96. The number of methoxy groups -OCH3 is 1. The van der Waals surface area contributed by atoms with Crippen molar-refractivity contribution >= 4 is 22.4 Å². The standard InChI is InChI=1S/C20H24BFO5S/c1-19(2)20(3,4)27-21(26-19)13-7-10-17(22)16(11-13)15-9-8-14(28(6,23)24)12-18(15)25-5/h7-12H,1-6H3. The highest BCUT2D eigenvalue weighted by atomic mass is 32.2. The van der Waals surface area contributed by atoms with Gasteiger partial charge in [0.05, 0.1) is 23.2 Å². The Hall–Kier alpha value is -1.90. The lowest BCUT2D eigenvalue weighted by molar-refractivity contribution is 0.00578. The molecular weight excluding hydrogens is 382 g/mol. The van der Waals surface area contributed by atoms with E-state index in [4.69, 9.17) is 14.0 Å². The molecular formula is C20H24BFO5S. The summed E-state index contributed by atoms with van der Waals surface area (Å²) < 4.78 is 55.7. The first-order valence-corrected chi connectivity index (χ1v) is 10.8. The Kier molecular flexibility index (Phi) is 5.10. The van der Waals surface area contributed by atoms with E-state index in [0.29, 0.717) is 11.0 Å². The molecule has 1 aliphatic rings. The van der Waals surface area contributed by atoms with Crippen molar-refractivity contribution in [2.24, 2.45) is 0 Å². The molecule has 2 aromatic carbocycles. The molecule has 0 aliphatic carbocycles. The third-order valence-electron chi connectivity index (χ3n) is 5.41. The molecule has 2 aromatic rings. The molecule has 0 N–H and O–H groups in total. The van der Waals surface area contributed by atoms with Crippen LogP contribution in [0.25, 0.3) is 11.1 Å². The van der Waals surface area contributed by atoms with Gasteiger partial charge in [-0.25, -0.2) is 12.8 Å². The summed E-state index contributed by atoms with van der Waals surface area (Å²) in [6.07, 6.45) is 1.11. The van der Waals surface area contributed by atoms with Crippen LogP contribution in [0.3, 0.4) is 0 Å². The van der Waals surface area contributed by atoms with E-state index in [2.05, 4.69) is 0 Å². The molecule has 1 aliphatic heterocycles. The van der Waals surface area contributed by atoms with Crippen LogP contribution in [0, 0.1) is 5.82 Å². The van der Waals surface area contributed by atoms with E-state index in [-0.39, 0.29) is 16.2 Å². The van der Waals surface area contributed by atoms with Gasteiger partial charge in [-0.2, -0.15) is 0 Å². The van der Waals surface area contributed by atoms with Gasteiger partial charge >= 0.3 is 7.12 Å². The maximum absolute atomic E-state index is 14.6. The minimum atomic E-state index is -3.41. The second kappa shape index (κ2) is 6.86. The van der Waals surface area contributed by atoms with Crippen LogP contribution in [0.5, 0.6) is 5.75 Å². The van der Waals surface area contributed by atoms with E-state index in [0.717, 1.165) is 6.26 Å². The summed E-state index contributed by atoms with van der Waals surface area (Å²) >= 11 is 0. The molecule has 1 heterocycles. The summed E-state index contributed by atoms with van der Waals surface area (Å²) in [5, 5.41) is 0. The molecule has 0 aromatic heterocycles. The fourth-order valence-corrected chi connectivity index (χ4v) is 3.64. The third kappa shape index (κ3) is 3.68. The fraction of sp³-hybridized carbons (Fsp3) is 0.400. The van der Waals surface area contributed by atoms with Crippen LogP contribution in [0.4, 0.5) is 4.39 Å². The van der Waals surface area contributed by atoms with Crippen molar-refractivity contribution in [3.05, 3.63) is 42.2 Å². The van der Waals surface area contributed by atoms with Gasteiger partial charge in [0.2, 0.25) is 0 Å². The van der Waals surface area contributed by atoms with Crippen molar-refractivity contribution in [2.75, 3.05) is 13.4 Å². The Bertz CT molecular complexity index is 1000. The number of halogens is 1. The molecule has 8 heteroatoms. The predicted molar refractivity (Wildman–Crippen MR) is 107 cm³/mol. The maximum atomic E-state index is 14.6. The summed E-state index contributed by atoms with van der Waals surface area (Å²) in [6, 6.07) is 8.99. The van der Waals surface area contributed by atoms with E-state index < -0.39 is 34.0 Å². The Morgan fingerprint density at radius 2 is 1.57 bits per heavy atom. The SMILES string of the molecule is COc1cc(S(C)(=O)=O)ccc1-c1cc(B2OC(C)(C)C(C)(C)O2)ccc1F. The van der Waals surface area contributed by atoms with Crippen molar-refractivity contribution in [1.29, 1.82) is 0 Å². The van der Waals surface area contributed by atoms with Crippen LogP contribution in [-0.2, 0) is 19.1 Å². The molecule has 0 bridgehead atoms. The van der Waals surface area contributed by atoms with E-state index in [9.17, 15) is 12.8 Å². The lowest BCUT2D eigenvalue weighted by atomic mass is 9.78. The second-order valence-corrected chi connectivity index (χ2v) is 9.98. The molecule has 0 amide bonds. The zero-order valence-electron chi connectivity index (χ0n) is 16.9. The number of hydrogen-bond acceptors (Lipinski definition) is 5. The summed E-state index contributed by atoms with van der Waals surface area (Å²) in [5.74, 6) is -0.182. The number of rotatable bonds is 4. The minimum absolute atomic E-state index is 0.107. The first-order valence-electron chi connectivity index (χ1n) is 8.89. The van der Waals surface area contributed by atoms with Crippen LogP contribution in [0.2, 0.25) is 0 Å². The molecule has 3 rings (SSSR count). The molecule has 150 valence electrons. The summed E-state index contributed by atoms with van der Waals surface area (Å²) in [4.78, 5) is 0.107. The Morgan fingerprint density at radius 1 is 0.964 bits per heavy atom. The van der Waals surface area contributed by atoms with Gasteiger partial charge in [-0.1, -0.05) is 12.1 Å². The monoisotopic (exact) mass is 406 g/mol. The smallest absolute Gasteiger partial charge is 0.494 e. The molecule has 1 saturated heterocycles. The predicted octanol–water partition coefficient (Wildman–Crippen LogP) is 3.20. The highest BCUT2D eigenvalue weighted by Gasteiger charge is 2.51. The molecule has 0 spiro atoms. The van der Waals surface area contributed by atoms with E-state index in [1.165, 1.54) is 25.3 Å². The maximum Gasteiger partial charge on any atom is 0.494 e. The number of ether oxygens (including phenoxy) is 1. The third-order valence-corrected chi connectivity index (χ3v) is 6.52. The normalized spacial score (nSPS) is 18.3. The van der Waals surface area contributed by atoms with Crippen molar-refractivity contribution in [1.82, 2.24) is 0 Å². The average Bonchev–Trinajstić information content (AvgIpc) is 2.81. The number of hydrogen-bond donors (Lipinski definition) is 0. The molecule has 1 fully saturated rings. The minimum Gasteiger partial charge on any atom is -0.496 e. The van der Waals surface area contributed by atoms with Gasteiger partial charge in [0.15, 0.2) is 9.84 Å². The van der Waals surface area contributed by atoms with Crippen molar-refractivity contribution in [3.63, 3.8) is 0 Å². The van der Waals surface area contributed by atoms with Crippen molar-refractivity contribution < 1.29 is 26.9 Å². The lowest BCUT2D eigenvalue weighted by Crippen LogP contribution is -2.41. The first kappa shape index (κ1) is 20.8. The van der Waals surface area contributed by atoms with Crippen LogP contribution in [0.1, 0.15) is 27.7 Å². The van der Waals surface area contributed by atoms with Crippen LogP contribution < -0.4 is 10.2 Å². The fourth-order valence-electron chi connectivity index (χ4n) is 3.00. The molecule has 0 radical (unpaired) electrons. The first-order chi connectivity index (χ1) is 12.9. The van der Waals surface area contributed by atoms with Gasteiger partial charge < -0.3 is 14.0 Å². The van der Waals surface area contributed by atoms with Gasteiger partial charge in [-0.15, -0.1) is 0 Å². The summed E-state index contributed by atoms with van der Waals surface area (Å²) in [6.45, 7) is 7.80. The van der Waals surface area contributed by atoms with E-state index in [1.54, 1.807) is 18.2 Å². The highest BCUT2D eigenvalue weighted by molar-refractivity contribution is 7.90. The Labute approximate surface area is 165 Å². The lowest BCUT2D eigenvalue weighted by Gasteiger charge is -2.32. The van der Waals surface area contributed by atoms with E-state index >= 15 is 0 Å². The molecule has 0 unspecified atom stereocenters. The number of benzene rings is 2. The zero-order chi connectivity index (χ0) is 20.9. The molecule has 0 atom stereocenters. The van der Waals surface area contributed by atoms with Gasteiger partial charge in [0, 0.05) is 17.4 Å². The van der Waals surface area contributed by atoms with Gasteiger partial charge in [0.25, 0.3) is 0 Å². The van der Waals surface area contributed by atoms with Crippen LogP contribution in [0.15, 0.2) is 41.3 Å². The van der Waals surface area contributed by atoms with Gasteiger partial charge in [-0.3, -0.25) is 0 Å². The Morgan fingerprint density at radius 3 is 2.11 bits per heavy atom. The quantitative estimate of drug-likeness (QED) is 0.730. The van der Waals surface area contributed by atoms with Gasteiger partial charge in [0.1, 0.15) is 11.6 Å². The van der Waals surface area contributed by atoms with Gasteiger partial charge in [-0.05, 0) is 57.4 Å². The van der Waals surface area contributed by atoms with Crippen molar-refractivity contribution in [2.45, 2.75) is 43.8 Å². The van der Waals surface area contributed by atoms with E-state index in [1.807, 2.05) is 27.7 Å². The number of sulfone groups is 1.